The van der Waals surface area contributed by atoms with E-state index in [2.05, 4.69) is 16.0 Å². The zero-order chi connectivity index (χ0) is 13.9. The number of aromatic nitrogens is 1. The average Bonchev–Trinajstić information content (AvgIpc) is 2.49. The van der Waals surface area contributed by atoms with Crippen molar-refractivity contribution in [1.82, 2.24) is 4.98 Å². The summed E-state index contributed by atoms with van der Waals surface area (Å²) in [4.78, 5) is 7.05. The number of hydrogen-bond acceptors (Lipinski definition) is 3. The van der Waals surface area contributed by atoms with Gasteiger partial charge in [0.25, 0.3) is 0 Å². The lowest BCUT2D eigenvalue weighted by Crippen LogP contribution is -2.31. The molecule has 20 heavy (non-hydrogen) atoms. The first kappa shape index (κ1) is 13.7. The highest BCUT2D eigenvalue weighted by molar-refractivity contribution is 6.36. The molecule has 1 aromatic heterocycles. The molecule has 0 bridgehead atoms. The summed E-state index contributed by atoms with van der Waals surface area (Å²) in [5, 5.41) is 1.81. The van der Waals surface area contributed by atoms with E-state index < -0.39 is 0 Å². The van der Waals surface area contributed by atoms with Gasteiger partial charge in [0.05, 0.1) is 16.2 Å². The number of piperidine rings is 1. The van der Waals surface area contributed by atoms with Gasteiger partial charge in [0, 0.05) is 24.7 Å². The Labute approximate surface area is 124 Å². The first-order valence-corrected chi connectivity index (χ1v) is 7.70. The molecule has 106 valence electrons. The molecule has 4 heteroatoms. The van der Waals surface area contributed by atoms with E-state index in [1.807, 2.05) is 18.3 Å². The van der Waals surface area contributed by atoms with Gasteiger partial charge < -0.3 is 10.6 Å². The first-order valence-electron chi connectivity index (χ1n) is 7.32. The van der Waals surface area contributed by atoms with Crippen molar-refractivity contribution in [3.8, 4) is 0 Å². The Kier molecular flexibility index (Phi) is 4.08. The molecule has 2 heterocycles. The number of hydrogen-bond donors (Lipinski definition) is 1. The Morgan fingerprint density at radius 2 is 2.05 bits per heavy atom. The smallest absolute Gasteiger partial charge is 0.0953 e. The Morgan fingerprint density at radius 3 is 2.80 bits per heavy atom. The second-order valence-electron chi connectivity index (χ2n) is 5.35. The van der Waals surface area contributed by atoms with E-state index in [1.54, 1.807) is 0 Å². The van der Waals surface area contributed by atoms with E-state index in [9.17, 15) is 0 Å². The van der Waals surface area contributed by atoms with E-state index >= 15 is 0 Å². The molecule has 0 saturated carbocycles. The van der Waals surface area contributed by atoms with Crippen molar-refractivity contribution in [2.45, 2.75) is 25.7 Å². The Morgan fingerprint density at radius 1 is 1.25 bits per heavy atom. The molecule has 2 N–H and O–H groups in total. The van der Waals surface area contributed by atoms with E-state index in [0.29, 0.717) is 6.54 Å². The lowest BCUT2D eigenvalue weighted by atomic mass is 10.0. The Bertz CT molecular complexity index is 606. The minimum absolute atomic E-state index is 0.634. The van der Waals surface area contributed by atoms with Crippen LogP contribution in [0.5, 0.6) is 0 Å². The van der Waals surface area contributed by atoms with Crippen LogP contribution in [0.4, 0.5) is 5.69 Å². The summed E-state index contributed by atoms with van der Waals surface area (Å²) in [6.45, 7) is 2.84. The molecule has 2 aromatic rings. The van der Waals surface area contributed by atoms with Gasteiger partial charge in [-0.25, -0.2) is 0 Å². The normalized spacial score (nSPS) is 15.8. The first-order chi connectivity index (χ1) is 9.81. The van der Waals surface area contributed by atoms with Crippen molar-refractivity contribution in [1.29, 1.82) is 0 Å². The standard InChI is InChI=1S/C16H20ClN3/c17-14-11-12(6-7-18)16(20-9-2-1-3-10-20)15-13(14)5-4-8-19-15/h4-5,8,11H,1-3,6-7,9-10,18H2. The summed E-state index contributed by atoms with van der Waals surface area (Å²) in [5.41, 5.74) is 9.26. The lowest BCUT2D eigenvalue weighted by molar-refractivity contribution is 0.577. The lowest BCUT2D eigenvalue weighted by Gasteiger charge is -2.31. The van der Waals surface area contributed by atoms with E-state index in [4.69, 9.17) is 17.3 Å². The number of rotatable bonds is 3. The molecule has 1 saturated heterocycles. The topological polar surface area (TPSA) is 42.1 Å². The van der Waals surface area contributed by atoms with E-state index in [1.165, 1.54) is 30.5 Å². The quantitative estimate of drug-likeness (QED) is 0.942. The van der Waals surface area contributed by atoms with Crippen LogP contribution >= 0.6 is 11.6 Å². The molecule has 3 rings (SSSR count). The second kappa shape index (κ2) is 5.98. The summed E-state index contributed by atoms with van der Waals surface area (Å²) in [6, 6.07) is 6.06. The summed E-state index contributed by atoms with van der Waals surface area (Å²) in [5.74, 6) is 0. The number of benzene rings is 1. The third-order valence-corrected chi connectivity index (χ3v) is 4.29. The van der Waals surface area contributed by atoms with E-state index in [-0.39, 0.29) is 0 Å². The minimum atomic E-state index is 0.634. The van der Waals surface area contributed by atoms with Gasteiger partial charge >= 0.3 is 0 Å². The van der Waals surface area contributed by atoms with Crippen molar-refractivity contribution < 1.29 is 0 Å². The third-order valence-electron chi connectivity index (χ3n) is 3.98. The van der Waals surface area contributed by atoms with Crippen molar-refractivity contribution in [3.63, 3.8) is 0 Å². The highest BCUT2D eigenvalue weighted by atomic mass is 35.5. The van der Waals surface area contributed by atoms with Gasteiger partial charge in [-0.05, 0) is 56.0 Å². The molecule has 1 aliphatic heterocycles. The summed E-state index contributed by atoms with van der Waals surface area (Å²) in [6.07, 6.45) is 6.51. The maximum Gasteiger partial charge on any atom is 0.0953 e. The summed E-state index contributed by atoms with van der Waals surface area (Å²) >= 11 is 6.41. The van der Waals surface area contributed by atoms with Crippen molar-refractivity contribution in [2.24, 2.45) is 5.73 Å². The molecule has 0 atom stereocenters. The predicted molar refractivity (Wildman–Crippen MR) is 85.6 cm³/mol. The van der Waals surface area contributed by atoms with Crippen LogP contribution in [0, 0.1) is 0 Å². The number of anilines is 1. The fraction of sp³-hybridized carbons (Fsp3) is 0.438. The summed E-state index contributed by atoms with van der Waals surface area (Å²) < 4.78 is 0. The largest absolute Gasteiger partial charge is 0.370 e. The highest BCUT2D eigenvalue weighted by Gasteiger charge is 2.19. The number of pyridine rings is 1. The molecule has 0 spiro atoms. The fourth-order valence-corrected chi connectivity index (χ4v) is 3.34. The van der Waals surface area contributed by atoms with Crippen LogP contribution in [-0.2, 0) is 6.42 Å². The third kappa shape index (κ3) is 2.48. The molecule has 1 fully saturated rings. The maximum atomic E-state index is 6.41. The zero-order valence-corrected chi connectivity index (χ0v) is 12.4. The molecule has 0 amide bonds. The maximum absolute atomic E-state index is 6.41. The molecule has 0 radical (unpaired) electrons. The zero-order valence-electron chi connectivity index (χ0n) is 11.6. The number of nitrogens with two attached hydrogens (primary N) is 1. The van der Waals surface area contributed by atoms with Crippen LogP contribution in [0.3, 0.4) is 0 Å². The van der Waals surface area contributed by atoms with Gasteiger partial charge in [0.15, 0.2) is 0 Å². The molecular weight excluding hydrogens is 270 g/mol. The second-order valence-corrected chi connectivity index (χ2v) is 5.76. The van der Waals surface area contributed by atoms with Crippen LogP contribution in [-0.4, -0.2) is 24.6 Å². The monoisotopic (exact) mass is 289 g/mol. The molecule has 0 unspecified atom stereocenters. The van der Waals surface area contributed by atoms with Gasteiger partial charge in [-0.3, -0.25) is 4.98 Å². The number of fused-ring (bicyclic) bond motifs is 1. The van der Waals surface area contributed by atoms with E-state index in [0.717, 1.165) is 35.4 Å². The number of halogens is 1. The van der Waals surface area contributed by atoms with Crippen LogP contribution < -0.4 is 10.6 Å². The molecule has 3 nitrogen and oxygen atoms in total. The number of nitrogens with zero attached hydrogens (tertiary/aromatic N) is 2. The molecule has 0 aliphatic carbocycles. The minimum Gasteiger partial charge on any atom is -0.370 e. The predicted octanol–water partition coefficient (Wildman–Crippen LogP) is 3.38. The van der Waals surface area contributed by atoms with Gasteiger partial charge in [0.1, 0.15) is 0 Å². The Hall–Kier alpha value is -1.32. The SMILES string of the molecule is NCCc1cc(Cl)c2cccnc2c1N1CCCCC1. The van der Waals surface area contributed by atoms with Gasteiger partial charge in [0.2, 0.25) is 0 Å². The van der Waals surface area contributed by atoms with Crippen LogP contribution in [0.1, 0.15) is 24.8 Å². The van der Waals surface area contributed by atoms with Crippen molar-refractivity contribution >= 4 is 28.2 Å². The molecule has 1 aliphatic rings. The highest BCUT2D eigenvalue weighted by Crippen LogP contribution is 2.36. The van der Waals surface area contributed by atoms with Crippen LogP contribution in [0.2, 0.25) is 5.02 Å². The van der Waals surface area contributed by atoms with Crippen LogP contribution in [0.25, 0.3) is 10.9 Å². The van der Waals surface area contributed by atoms with Crippen LogP contribution in [0.15, 0.2) is 24.4 Å². The molecular formula is C16H20ClN3. The Balaban J connectivity index is 2.19. The van der Waals surface area contributed by atoms with Gasteiger partial charge in [-0.2, -0.15) is 0 Å². The van der Waals surface area contributed by atoms with Crippen molar-refractivity contribution in [3.05, 3.63) is 35.0 Å². The van der Waals surface area contributed by atoms with Crippen molar-refractivity contribution in [2.75, 3.05) is 24.5 Å². The fourth-order valence-electron chi connectivity index (χ4n) is 3.05. The molecule has 1 aromatic carbocycles. The average molecular weight is 290 g/mol. The van der Waals surface area contributed by atoms with Gasteiger partial charge in [-0.1, -0.05) is 11.6 Å². The van der Waals surface area contributed by atoms with Gasteiger partial charge in [-0.15, -0.1) is 0 Å². The summed E-state index contributed by atoms with van der Waals surface area (Å²) in [7, 11) is 0.